The zero-order valence-electron chi connectivity index (χ0n) is 15.2. The second-order valence-electron chi connectivity index (χ2n) is 6.65. The van der Waals surface area contributed by atoms with Crippen LogP contribution in [-0.2, 0) is 0 Å². The van der Waals surface area contributed by atoms with E-state index in [9.17, 15) is 4.79 Å². The normalized spacial score (nSPS) is 14.9. The topological polar surface area (TPSA) is 86.8 Å². The summed E-state index contributed by atoms with van der Waals surface area (Å²) in [5, 5.41) is 2.68. The van der Waals surface area contributed by atoms with Crippen LogP contribution in [0.3, 0.4) is 0 Å². The fraction of sp³-hybridized carbons (Fsp3) is 0.300. The van der Waals surface area contributed by atoms with E-state index in [0.717, 1.165) is 48.6 Å². The quantitative estimate of drug-likeness (QED) is 0.750. The van der Waals surface area contributed by atoms with E-state index in [2.05, 4.69) is 20.3 Å². The molecule has 4 rings (SSSR count). The second-order valence-corrected chi connectivity index (χ2v) is 6.65. The highest BCUT2D eigenvalue weighted by atomic mass is 16.2. The minimum Gasteiger partial charge on any atom is -0.348 e. The van der Waals surface area contributed by atoms with Crippen molar-refractivity contribution < 1.29 is 4.79 Å². The number of nitrogens with one attached hydrogen (secondary N) is 2. The Kier molecular flexibility index (Phi) is 4.82. The van der Waals surface area contributed by atoms with E-state index in [1.807, 2.05) is 53.8 Å². The van der Waals surface area contributed by atoms with E-state index in [1.54, 1.807) is 7.05 Å². The van der Waals surface area contributed by atoms with Crippen molar-refractivity contribution in [2.45, 2.75) is 18.8 Å². The average molecular weight is 362 g/mol. The van der Waals surface area contributed by atoms with Gasteiger partial charge in [-0.3, -0.25) is 0 Å². The molecule has 27 heavy (non-hydrogen) atoms. The molecule has 1 aromatic carbocycles. The summed E-state index contributed by atoms with van der Waals surface area (Å²) in [6.07, 6.45) is 7.34. The van der Waals surface area contributed by atoms with Gasteiger partial charge >= 0.3 is 6.03 Å². The molecule has 0 aliphatic carbocycles. The van der Waals surface area contributed by atoms with Crippen LogP contribution in [0.2, 0.25) is 0 Å². The Labute approximate surface area is 157 Å². The predicted octanol–water partition coefficient (Wildman–Crippen LogP) is 3.05. The van der Waals surface area contributed by atoms with Gasteiger partial charge in [-0.1, -0.05) is 30.3 Å². The first-order valence-electron chi connectivity index (χ1n) is 9.14. The lowest BCUT2D eigenvalue weighted by Gasteiger charge is -2.30. The van der Waals surface area contributed by atoms with Gasteiger partial charge in [0.1, 0.15) is 5.82 Å². The maximum Gasteiger partial charge on any atom is 0.317 e. The number of aromatic nitrogens is 4. The molecular formula is C20H22N6O. The number of aromatic amines is 1. The Morgan fingerprint density at radius 1 is 1.11 bits per heavy atom. The van der Waals surface area contributed by atoms with Crippen LogP contribution < -0.4 is 5.32 Å². The molecule has 3 aromatic rings. The van der Waals surface area contributed by atoms with E-state index in [4.69, 9.17) is 4.98 Å². The Bertz CT molecular complexity index is 898. The van der Waals surface area contributed by atoms with Gasteiger partial charge in [0, 0.05) is 55.8 Å². The van der Waals surface area contributed by atoms with Crippen LogP contribution in [-0.4, -0.2) is 51.0 Å². The zero-order valence-corrected chi connectivity index (χ0v) is 15.2. The van der Waals surface area contributed by atoms with Crippen LogP contribution in [0.25, 0.3) is 22.6 Å². The molecule has 2 aromatic heterocycles. The van der Waals surface area contributed by atoms with Crippen LogP contribution in [0, 0.1) is 0 Å². The standard InChI is InChI=1S/C20H22N6O/c1-21-20(27)26-9-7-15(8-10-26)19-24-13-17(25-19)16-11-22-18(23-12-16)14-5-3-2-4-6-14/h2-6,11-13,15H,7-10H2,1H3,(H,21,27)(H,24,25). The minimum atomic E-state index is -0.00996. The number of nitrogens with zero attached hydrogens (tertiary/aromatic N) is 4. The van der Waals surface area contributed by atoms with E-state index in [-0.39, 0.29) is 6.03 Å². The molecule has 7 nitrogen and oxygen atoms in total. The summed E-state index contributed by atoms with van der Waals surface area (Å²) in [7, 11) is 1.67. The molecule has 138 valence electrons. The molecule has 1 fully saturated rings. The Hall–Kier alpha value is -3.22. The van der Waals surface area contributed by atoms with Crippen molar-refractivity contribution in [1.82, 2.24) is 30.2 Å². The predicted molar refractivity (Wildman–Crippen MR) is 103 cm³/mol. The summed E-state index contributed by atoms with van der Waals surface area (Å²) in [6, 6.07) is 9.90. The Morgan fingerprint density at radius 2 is 1.81 bits per heavy atom. The highest BCUT2D eigenvalue weighted by Gasteiger charge is 2.25. The molecule has 0 unspecified atom stereocenters. The third kappa shape index (κ3) is 3.67. The van der Waals surface area contributed by atoms with Crippen LogP contribution in [0.4, 0.5) is 4.79 Å². The molecule has 7 heteroatoms. The maximum atomic E-state index is 11.7. The van der Waals surface area contributed by atoms with Gasteiger partial charge in [0.25, 0.3) is 0 Å². The molecule has 0 saturated carbocycles. The summed E-state index contributed by atoms with van der Waals surface area (Å²) < 4.78 is 0. The van der Waals surface area contributed by atoms with Gasteiger partial charge < -0.3 is 15.2 Å². The smallest absolute Gasteiger partial charge is 0.317 e. The molecule has 0 bridgehead atoms. The Morgan fingerprint density at radius 3 is 2.48 bits per heavy atom. The fourth-order valence-corrected chi connectivity index (χ4v) is 3.40. The van der Waals surface area contributed by atoms with Crippen molar-refractivity contribution in [3.05, 3.63) is 54.7 Å². The summed E-state index contributed by atoms with van der Waals surface area (Å²) in [5.74, 6) is 2.01. The lowest BCUT2D eigenvalue weighted by molar-refractivity contribution is 0.182. The van der Waals surface area contributed by atoms with Crippen molar-refractivity contribution in [1.29, 1.82) is 0 Å². The van der Waals surface area contributed by atoms with Crippen LogP contribution in [0.15, 0.2) is 48.9 Å². The van der Waals surface area contributed by atoms with Gasteiger partial charge in [-0.05, 0) is 12.8 Å². The molecule has 1 aliphatic heterocycles. The highest BCUT2D eigenvalue weighted by molar-refractivity contribution is 5.73. The number of amides is 2. The minimum absolute atomic E-state index is 0.00996. The lowest BCUT2D eigenvalue weighted by atomic mass is 9.96. The molecule has 2 N–H and O–H groups in total. The molecule has 3 heterocycles. The molecule has 2 amide bonds. The first-order chi connectivity index (χ1) is 13.2. The molecule has 0 radical (unpaired) electrons. The molecule has 1 saturated heterocycles. The van der Waals surface area contributed by atoms with E-state index >= 15 is 0 Å². The van der Waals surface area contributed by atoms with Gasteiger partial charge in [0.05, 0.1) is 5.69 Å². The average Bonchev–Trinajstić information content (AvgIpc) is 3.24. The number of benzene rings is 1. The van der Waals surface area contributed by atoms with Crippen LogP contribution >= 0.6 is 0 Å². The van der Waals surface area contributed by atoms with Gasteiger partial charge in [0.15, 0.2) is 5.82 Å². The second kappa shape index (κ2) is 7.57. The van der Waals surface area contributed by atoms with Crippen molar-refractivity contribution >= 4 is 6.03 Å². The number of imidazole rings is 1. The molecule has 1 aliphatic rings. The van der Waals surface area contributed by atoms with Gasteiger partial charge in [-0.15, -0.1) is 0 Å². The maximum absolute atomic E-state index is 11.7. The van der Waals surface area contributed by atoms with Crippen molar-refractivity contribution in [2.75, 3.05) is 20.1 Å². The van der Waals surface area contributed by atoms with Gasteiger partial charge in [-0.25, -0.2) is 19.7 Å². The number of hydrogen-bond acceptors (Lipinski definition) is 4. The SMILES string of the molecule is CNC(=O)N1CCC(c2nc(-c3cnc(-c4ccccc4)nc3)c[nH]2)CC1. The number of urea groups is 1. The first kappa shape index (κ1) is 17.2. The lowest BCUT2D eigenvalue weighted by Crippen LogP contribution is -2.42. The number of piperidine rings is 1. The van der Waals surface area contributed by atoms with Crippen molar-refractivity contribution in [2.24, 2.45) is 0 Å². The number of rotatable bonds is 3. The van der Waals surface area contributed by atoms with Crippen molar-refractivity contribution in [3.63, 3.8) is 0 Å². The first-order valence-corrected chi connectivity index (χ1v) is 9.14. The zero-order chi connectivity index (χ0) is 18.6. The summed E-state index contributed by atoms with van der Waals surface area (Å²) >= 11 is 0. The number of likely N-dealkylation sites (tertiary alicyclic amines) is 1. The highest BCUT2D eigenvalue weighted by Crippen LogP contribution is 2.28. The van der Waals surface area contributed by atoms with E-state index < -0.39 is 0 Å². The van der Waals surface area contributed by atoms with Crippen LogP contribution in [0.1, 0.15) is 24.6 Å². The third-order valence-corrected chi connectivity index (χ3v) is 4.96. The number of hydrogen-bond donors (Lipinski definition) is 2. The number of H-pyrrole nitrogens is 1. The number of carbonyl (C=O) groups is 1. The van der Waals surface area contributed by atoms with E-state index in [0.29, 0.717) is 11.7 Å². The van der Waals surface area contributed by atoms with Gasteiger partial charge in [0.2, 0.25) is 0 Å². The Balaban J connectivity index is 1.45. The van der Waals surface area contributed by atoms with E-state index in [1.165, 1.54) is 0 Å². The van der Waals surface area contributed by atoms with Crippen molar-refractivity contribution in [3.8, 4) is 22.6 Å². The summed E-state index contributed by atoms with van der Waals surface area (Å²) in [6.45, 7) is 1.49. The fourth-order valence-electron chi connectivity index (χ4n) is 3.40. The monoisotopic (exact) mass is 362 g/mol. The molecular weight excluding hydrogens is 340 g/mol. The number of carbonyl (C=O) groups excluding carboxylic acids is 1. The summed E-state index contributed by atoms with van der Waals surface area (Å²) in [5.41, 5.74) is 2.73. The third-order valence-electron chi connectivity index (χ3n) is 4.96. The largest absolute Gasteiger partial charge is 0.348 e. The van der Waals surface area contributed by atoms with Crippen LogP contribution in [0.5, 0.6) is 0 Å². The van der Waals surface area contributed by atoms with Gasteiger partial charge in [-0.2, -0.15) is 0 Å². The molecule has 0 spiro atoms. The summed E-state index contributed by atoms with van der Waals surface area (Å²) in [4.78, 5) is 30.5. The molecule has 0 atom stereocenters.